The molecule has 0 N–H and O–H groups in total. The number of hydrogen-bond donors (Lipinski definition) is 0. The van der Waals surface area contributed by atoms with E-state index in [2.05, 4.69) is 16.2 Å². The van der Waals surface area contributed by atoms with E-state index in [0.29, 0.717) is 16.7 Å². The van der Waals surface area contributed by atoms with Crippen molar-refractivity contribution in [2.75, 3.05) is 5.75 Å². The minimum atomic E-state index is 0.359. The van der Waals surface area contributed by atoms with Gasteiger partial charge in [-0.05, 0) is 30.0 Å². The van der Waals surface area contributed by atoms with Gasteiger partial charge in [0.05, 0.1) is 10.8 Å². The molecular formula is C11H9N3OS2. The lowest BCUT2D eigenvalue weighted by Gasteiger charge is -1.98. The Morgan fingerprint density at radius 2 is 2.47 bits per heavy atom. The lowest BCUT2D eigenvalue weighted by Crippen LogP contribution is -1.90. The van der Waals surface area contributed by atoms with E-state index in [1.165, 1.54) is 17.8 Å². The molecule has 2 aromatic heterocycles. The van der Waals surface area contributed by atoms with Crippen LogP contribution in [0, 0.1) is 11.3 Å². The highest BCUT2D eigenvalue weighted by Crippen LogP contribution is 2.39. The summed E-state index contributed by atoms with van der Waals surface area (Å²) in [4.78, 5) is 5.18. The number of hydrogen-bond acceptors (Lipinski definition) is 6. The number of nitriles is 1. The Balaban J connectivity index is 1.92. The molecule has 1 fully saturated rings. The highest BCUT2D eigenvalue weighted by molar-refractivity contribution is 7.99. The number of thiophene rings is 1. The predicted molar refractivity (Wildman–Crippen MR) is 66.8 cm³/mol. The lowest BCUT2D eigenvalue weighted by atomic mass is 10.2. The van der Waals surface area contributed by atoms with E-state index in [4.69, 9.17) is 9.78 Å². The van der Waals surface area contributed by atoms with Gasteiger partial charge in [-0.15, -0.1) is 11.3 Å². The summed E-state index contributed by atoms with van der Waals surface area (Å²) >= 11 is 3.33. The van der Waals surface area contributed by atoms with Gasteiger partial charge in [0.25, 0.3) is 5.89 Å². The maximum Gasteiger partial charge on any atom is 0.269 e. The van der Waals surface area contributed by atoms with Crippen molar-refractivity contribution >= 4 is 23.1 Å². The second kappa shape index (κ2) is 4.51. The Bertz CT molecular complexity index is 563. The molecule has 0 amide bonds. The summed E-state index contributed by atoms with van der Waals surface area (Å²) in [6.07, 6.45) is 2.32. The van der Waals surface area contributed by atoms with Crippen molar-refractivity contribution < 1.29 is 4.52 Å². The minimum absolute atomic E-state index is 0.359. The fourth-order valence-electron chi connectivity index (χ4n) is 1.80. The van der Waals surface area contributed by atoms with Gasteiger partial charge in [-0.2, -0.15) is 22.0 Å². The fraction of sp³-hybridized carbons (Fsp3) is 0.364. The van der Waals surface area contributed by atoms with Gasteiger partial charge in [0, 0.05) is 0 Å². The molecule has 0 aliphatic carbocycles. The van der Waals surface area contributed by atoms with Crippen LogP contribution in [0.5, 0.6) is 0 Å². The Labute approximate surface area is 107 Å². The zero-order valence-electron chi connectivity index (χ0n) is 8.92. The van der Waals surface area contributed by atoms with Gasteiger partial charge in [0.2, 0.25) is 0 Å². The maximum absolute atomic E-state index is 8.95. The first kappa shape index (κ1) is 10.8. The Morgan fingerprint density at radius 1 is 1.53 bits per heavy atom. The number of rotatable bonds is 2. The van der Waals surface area contributed by atoms with E-state index < -0.39 is 0 Å². The molecule has 17 heavy (non-hydrogen) atoms. The molecule has 0 radical (unpaired) electrons. The Kier molecular flexibility index (Phi) is 2.87. The molecule has 1 aliphatic rings. The van der Waals surface area contributed by atoms with Gasteiger partial charge >= 0.3 is 0 Å². The summed E-state index contributed by atoms with van der Waals surface area (Å²) < 4.78 is 5.25. The van der Waals surface area contributed by atoms with E-state index in [-0.39, 0.29) is 0 Å². The van der Waals surface area contributed by atoms with Crippen molar-refractivity contribution in [3.63, 3.8) is 0 Å². The SMILES string of the molecule is N#Cc1ccsc1-c1nc(C2CCCS2)no1. The molecule has 0 saturated carbocycles. The minimum Gasteiger partial charge on any atom is -0.333 e. The van der Waals surface area contributed by atoms with Gasteiger partial charge in [-0.1, -0.05) is 5.16 Å². The average molecular weight is 263 g/mol. The molecule has 86 valence electrons. The van der Waals surface area contributed by atoms with Crippen LogP contribution in [0.2, 0.25) is 0 Å². The van der Waals surface area contributed by atoms with E-state index in [1.807, 2.05) is 17.1 Å². The van der Waals surface area contributed by atoms with Crippen LogP contribution in [0.3, 0.4) is 0 Å². The molecule has 3 heterocycles. The first-order chi connectivity index (χ1) is 8.38. The van der Waals surface area contributed by atoms with E-state index >= 15 is 0 Å². The molecule has 2 aromatic rings. The van der Waals surface area contributed by atoms with Crippen LogP contribution in [0.25, 0.3) is 10.8 Å². The van der Waals surface area contributed by atoms with Crippen LogP contribution in [0.4, 0.5) is 0 Å². The van der Waals surface area contributed by atoms with Crippen molar-refractivity contribution in [2.45, 2.75) is 18.1 Å². The molecule has 3 rings (SSSR count). The van der Waals surface area contributed by atoms with E-state index in [9.17, 15) is 0 Å². The first-order valence-electron chi connectivity index (χ1n) is 5.31. The molecule has 1 aliphatic heterocycles. The number of aromatic nitrogens is 2. The van der Waals surface area contributed by atoms with Gasteiger partial charge in [0.15, 0.2) is 5.82 Å². The van der Waals surface area contributed by atoms with Gasteiger partial charge < -0.3 is 4.52 Å². The Morgan fingerprint density at radius 3 is 3.24 bits per heavy atom. The van der Waals surface area contributed by atoms with Crippen LogP contribution in [0.1, 0.15) is 29.5 Å². The van der Waals surface area contributed by atoms with Crippen LogP contribution >= 0.6 is 23.1 Å². The number of thioether (sulfide) groups is 1. The topological polar surface area (TPSA) is 62.7 Å². The summed E-state index contributed by atoms with van der Waals surface area (Å²) in [5.41, 5.74) is 0.601. The molecule has 1 atom stereocenters. The van der Waals surface area contributed by atoms with E-state index in [1.54, 1.807) is 6.07 Å². The van der Waals surface area contributed by atoms with Crippen molar-refractivity contribution in [1.29, 1.82) is 5.26 Å². The van der Waals surface area contributed by atoms with Crippen molar-refractivity contribution in [1.82, 2.24) is 10.1 Å². The quantitative estimate of drug-likeness (QED) is 0.832. The van der Waals surface area contributed by atoms with E-state index in [0.717, 1.165) is 22.9 Å². The molecule has 0 bridgehead atoms. The summed E-state index contributed by atoms with van der Waals surface area (Å²) in [6, 6.07) is 3.90. The third-order valence-corrected chi connectivity index (χ3v) is 4.91. The van der Waals surface area contributed by atoms with Crippen LogP contribution in [0.15, 0.2) is 16.0 Å². The first-order valence-corrected chi connectivity index (χ1v) is 7.24. The van der Waals surface area contributed by atoms with Gasteiger partial charge in [-0.3, -0.25) is 0 Å². The molecule has 0 spiro atoms. The molecule has 4 nitrogen and oxygen atoms in total. The largest absolute Gasteiger partial charge is 0.333 e. The maximum atomic E-state index is 8.95. The van der Waals surface area contributed by atoms with Crippen LogP contribution in [-0.4, -0.2) is 15.9 Å². The van der Waals surface area contributed by atoms with Crippen molar-refractivity contribution in [3.05, 3.63) is 22.8 Å². The third-order valence-electron chi connectivity index (χ3n) is 2.64. The van der Waals surface area contributed by atoms with Crippen molar-refractivity contribution in [2.24, 2.45) is 0 Å². The lowest BCUT2D eigenvalue weighted by molar-refractivity contribution is 0.422. The van der Waals surface area contributed by atoms with Gasteiger partial charge in [-0.25, -0.2) is 0 Å². The highest BCUT2D eigenvalue weighted by atomic mass is 32.2. The molecule has 0 aromatic carbocycles. The zero-order valence-corrected chi connectivity index (χ0v) is 10.6. The zero-order chi connectivity index (χ0) is 11.7. The smallest absolute Gasteiger partial charge is 0.269 e. The monoisotopic (exact) mass is 263 g/mol. The van der Waals surface area contributed by atoms with Crippen LogP contribution < -0.4 is 0 Å². The second-order valence-electron chi connectivity index (χ2n) is 3.73. The standard InChI is InChI=1S/C11H9N3OS2/c12-6-7-3-5-17-9(7)11-13-10(14-15-11)8-2-1-4-16-8/h3,5,8H,1-2,4H2. The molecule has 1 unspecified atom stereocenters. The number of nitrogens with zero attached hydrogens (tertiary/aromatic N) is 3. The van der Waals surface area contributed by atoms with Crippen molar-refractivity contribution in [3.8, 4) is 16.8 Å². The fourth-order valence-corrected chi connectivity index (χ4v) is 3.76. The van der Waals surface area contributed by atoms with Gasteiger partial charge in [0.1, 0.15) is 10.9 Å². The summed E-state index contributed by atoms with van der Waals surface area (Å²) in [5, 5.41) is 15.2. The molecule has 6 heteroatoms. The summed E-state index contributed by atoms with van der Waals surface area (Å²) in [7, 11) is 0. The average Bonchev–Trinajstić information content (AvgIpc) is 3.09. The normalized spacial score (nSPS) is 19.4. The highest BCUT2D eigenvalue weighted by Gasteiger charge is 2.24. The second-order valence-corrected chi connectivity index (χ2v) is 5.96. The molecule has 1 saturated heterocycles. The third kappa shape index (κ3) is 1.96. The summed E-state index contributed by atoms with van der Waals surface area (Å²) in [6.45, 7) is 0. The predicted octanol–water partition coefficient (Wildman–Crippen LogP) is 3.24. The van der Waals surface area contributed by atoms with Crippen LogP contribution in [-0.2, 0) is 0 Å². The molecular weight excluding hydrogens is 254 g/mol. The Hall–Kier alpha value is -1.32. The summed E-state index contributed by atoms with van der Waals surface area (Å²) in [5.74, 6) is 2.40.